The number of rotatable bonds is 2. The molecule has 2 unspecified atom stereocenters. The van der Waals surface area contributed by atoms with Crippen LogP contribution in [0, 0.1) is 17.8 Å². The number of carbonyl (C=O) groups is 1. The van der Waals surface area contributed by atoms with Crippen LogP contribution in [0.3, 0.4) is 0 Å². The highest BCUT2D eigenvalue weighted by atomic mass is 79.9. The first-order chi connectivity index (χ1) is 8.13. The highest BCUT2D eigenvalue weighted by Gasteiger charge is 2.48. The molecule has 1 aromatic heterocycles. The molecule has 2 atom stereocenters. The monoisotopic (exact) mass is 314 g/mol. The Labute approximate surface area is 113 Å². The van der Waals surface area contributed by atoms with E-state index < -0.39 is 0 Å². The van der Waals surface area contributed by atoms with E-state index in [-0.39, 0.29) is 11.8 Å². The molecule has 1 aromatic rings. The lowest BCUT2D eigenvalue weighted by atomic mass is 10.0. The molecule has 2 aliphatic carbocycles. The molecule has 3 rings (SSSR count). The van der Waals surface area contributed by atoms with Gasteiger partial charge >= 0.3 is 0 Å². The fraction of sp³-hybridized carbons (Fsp3) is 0.500. The second-order valence-electron chi connectivity index (χ2n) is 4.91. The predicted molar refractivity (Wildman–Crippen MR) is 69.9 cm³/mol. The summed E-state index contributed by atoms with van der Waals surface area (Å²) in [6, 6.07) is 1.78. The summed E-state index contributed by atoms with van der Waals surface area (Å²) in [7, 11) is 0. The van der Waals surface area contributed by atoms with Crippen molar-refractivity contribution in [3.8, 4) is 0 Å². The predicted octanol–water partition coefficient (Wildman–Crippen LogP) is 3.48. The standard InChI is InChI=1S/C12H12BrClN2O/c13-9-4-10(11(14)15-5-9)16-12(17)8-2-6-1-7(6)3-8/h4-8H,1-3H2,(H,16,17). The summed E-state index contributed by atoms with van der Waals surface area (Å²) in [6.45, 7) is 0. The molecule has 90 valence electrons. The third-order valence-electron chi connectivity index (χ3n) is 3.68. The Morgan fingerprint density at radius 2 is 2.12 bits per heavy atom. The summed E-state index contributed by atoms with van der Waals surface area (Å²) in [5.74, 6) is 1.86. The second-order valence-corrected chi connectivity index (χ2v) is 6.18. The van der Waals surface area contributed by atoms with E-state index in [4.69, 9.17) is 11.6 Å². The minimum absolute atomic E-state index is 0.0824. The van der Waals surface area contributed by atoms with Gasteiger partial charge < -0.3 is 5.32 Å². The Morgan fingerprint density at radius 3 is 2.82 bits per heavy atom. The van der Waals surface area contributed by atoms with Gasteiger partial charge in [0.2, 0.25) is 5.91 Å². The van der Waals surface area contributed by atoms with Crippen molar-refractivity contribution in [1.82, 2.24) is 4.98 Å². The van der Waals surface area contributed by atoms with Gasteiger partial charge in [-0.1, -0.05) is 11.6 Å². The van der Waals surface area contributed by atoms with Crippen LogP contribution < -0.4 is 5.32 Å². The molecule has 1 amide bonds. The van der Waals surface area contributed by atoms with Crippen LogP contribution in [-0.2, 0) is 4.79 Å². The van der Waals surface area contributed by atoms with E-state index in [2.05, 4.69) is 26.2 Å². The molecule has 0 aliphatic heterocycles. The number of nitrogens with zero attached hydrogens (tertiary/aromatic N) is 1. The molecule has 1 heterocycles. The summed E-state index contributed by atoms with van der Waals surface area (Å²) in [5.41, 5.74) is 0.589. The summed E-state index contributed by atoms with van der Waals surface area (Å²) in [6.07, 6.45) is 5.01. The molecule has 5 heteroatoms. The van der Waals surface area contributed by atoms with Gasteiger partial charge in [-0.2, -0.15) is 0 Å². The van der Waals surface area contributed by atoms with Crippen molar-refractivity contribution < 1.29 is 4.79 Å². The van der Waals surface area contributed by atoms with E-state index >= 15 is 0 Å². The van der Waals surface area contributed by atoms with E-state index in [1.807, 2.05) is 0 Å². The number of nitrogens with one attached hydrogen (secondary N) is 1. The molecule has 3 nitrogen and oxygen atoms in total. The fourth-order valence-corrected chi connectivity index (χ4v) is 3.16. The zero-order valence-corrected chi connectivity index (χ0v) is 11.5. The van der Waals surface area contributed by atoms with E-state index in [1.165, 1.54) is 6.42 Å². The van der Waals surface area contributed by atoms with Gasteiger partial charge in [0.05, 0.1) is 5.69 Å². The van der Waals surface area contributed by atoms with Crippen molar-refractivity contribution >= 4 is 39.1 Å². The number of amides is 1. The molecule has 0 spiro atoms. The summed E-state index contributed by atoms with van der Waals surface area (Å²) in [5, 5.41) is 3.21. The normalized spacial score (nSPS) is 29.9. The Kier molecular flexibility index (Phi) is 2.87. The number of pyridine rings is 1. The van der Waals surface area contributed by atoms with Crippen molar-refractivity contribution in [1.29, 1.82) is 0 Å². The smallest absolute Gasteiger partial charge is 0.227 e. The minimum Gasteiger partial charge on any atom is -0.323 e. The Balaban J connectivity index is 1.69. The number of halogens is 2. The van der Waals surface area contributed by atoms with Crippen LogP contribution in [0.4, 0.5) is 5.69 Å². The molecular formula is C12H12BrClN2O. The Bertz CT molecular complexity index is 470. The molecule has 2 aliphatic rings. The molecule has 2 fully saturated rings. The molecule has 0 radical (unpaired) electrons. The zero-order valence-electron chi connectivity index (χ0n) is 9.12. The van der Waals surface area contributed by atoms with Gasteiger partial charge in [-0.05, 0) is 53.1 Å². The molecular weight excluding hydrogens is 304 g/mol. The first kappa shape index (κ1) is 11.5. The lowest BCUT2D eigenvalue weighted by Gasteiger charge is -2.13. The molecule has 1 N–H and O–H groups in total. The van der Waals surface area contributed by atoms with Gasteiger partial charge in [0.15, 0.2) is 5.15 Å². The van der Waals surface area contributed by atoms with Gasteiger partial charge in [-0.3, -0.25) is 4.79 Å². The molecule has 2 saturated carbocycles. The van der Waals surface area contributed by atoms with Gasteiger partial charge in [-0.25, -0.2) is 4.98 Å². The largest absolute Gasteiger partial charge is 0.323 e. The molecule has 0 saturated heterocycles. The number of fused-ring (bicyclic) bond motifs is 1. The van der Waals surface area contributed by atoms with E-state index in [1.54, 1.807) is 12.3 Å². The number of carbonyl (C=O) groups excluding carboxylic acids is 1. The first-order valence-corrected chi connectivity index (χ1v) is 6.92. The minimum atomic E-state index is 0.0824. The quantitative estimate of drug-likeness (QED) is 0.849. The average molecular weight is 316 g/mol. The molecule has 17 heavy (non-hydrogen) atoms. The highest BCUT2D eigenvalue weighted by Crippen LogP contribution is 2.54. The van der Waals surface area contributed by atoms with Gasteiger partial charge in [0.1, 0.15) is 0 Å². The maximum Gasteiger partial charge on any atom is 0.227 e. The highest BCUT2D eigenvalue weighted by molar-refractivity contribution is 9.10. The fourth-order valence-electron chi connectivity index (χ4n) is 2.67. The van der Waals surface area contributed by atoms with Crippen LogP contribution in [0.25, 0.3) is 0 Å². The van der Waals surface area contributed by atoms with Crippen LogP contribution in [-0.4, -0.2) is 10.9 Å². The van der Waals surface area contributed by atoms with Gasteiger partial charge in [0, 0.05) is 16.6 Å². The topological polar surface area (TPSA) is 42.0 Å². The Morgan fingerprint density at radius 1 is 1.41 bits per heavy atom. The summed E-state index contributed by atoms with van der Waals surface area (Å²) < 4.78 is 0.812. The SMILES string of the molecule is O=C(Nc1cc(Br)cnc1Cl)C1CC2CC2C1. The van der Waals surface area contributed by atoms with Crippen molar-refractivity contribution in [2.75, 3.05) is 5.32 Å². The number of hydrogen-bond acceptors (Lipinski definition) is 2. The average Bonchev–Trinajstić information content (AvgIpc) is 2.91. The van der Waals surface area contributed by atoms with Crippen molar-refractivity contribution in [3.63, 3.8) is 0 Å². The number of anilines is 1. The van der Waals surface area contributed by atoms with Crippen LogP contribution in [0.15, 0.2) is 16.7 Å². The Hall–Kier alpha value is -0.610. The van der Waals surface area contributed by atoms with Crippen LogP contribution >= 0.6 is 27.5 Å². The number of aromatic nitrogens is 1. The maximum atomic E-state index is 12.0. The first-order valence-electron chi connectivity index (χ1n) is 5.75. The van der Waals surface area contributed by atoms with Crippen LogP contribution in [0.1, 0.15) is 19.3 Å². The zero-order chi connectivity index (χ0) is 12.0. The van der Waals surface area contributed by atoms with Crippen LogP contribution in [0.5, 0.6) is 0 Å². The number of hydrogen-bond donors (Lipinski definition) is 1. The lowest BCUT2D eigenvalue weighted by molar-refractivity contribution is -0.120. The lowest BCUT2D eigenvalue weighted by Crippen LogP contribution is -2.21. The third kappa shape index (κ3) is 2.33. The van der Waals surface area contributed by atoms with E-state index in [0.717, 1.165) is 29.2 Å². The molecule has 0 bridgehead atoms. The van der Waals surface area contributed by atoms with Gasteiger partial charge in [-0.15, -0.1) is 0 Å². The summed E-state index contributed by atoms with van der Waals surface area (Å²) in [4.78, 5) is 16.0. The second kappa shape index (κ2) is 4.25. The van der Waals surface area contributed by atoms with Crippen molar-refractivity contribution in [3.05, 3.63) is 21.9 Å². The van der Waals surface area contributed by atoms with E-state index in [0.29, 0.717) is 10.8 Å². The third-order valence-corrected chi connectivity index (χ3v) is 4.41. The van der Waals surface area contributed by atoms with Crippen molar-refractivity contribution in [2.24, 2.45) is 17.8 Å². The van der Waals surface area contributed by atoms with Gasteiger partial charge in [0.25, 0.3) is 0 Å². The maximum absolute atomic E-state index is 12.0. The van der Waals surface area contributed by atoms with E-state index in [9.17, 15) is 4.79 Å². The summed E-state index contributed by atoms with van der Waals surface area (Å²) >= 11 is 9.25. The molecule has 0 aromatic carbocycles. The van der Waals surface area contributed by atoms with Crippen LogP contribution in [0.2, 0.25) is 5.15 Å². The van der Waals surface area contributed by atoms with Crippen molar-refractivity contribution in [2.45, 2.75) is 19.3 Å².